The van der Waals surface area contributed by atoms with Crippen molar-refractivity contribution >= 4 is 29.7 Å². The van der Waals surface area contributed by atoms with E-state index in [1.807, 2.05) is 13.0 Å². The minimum atomic E-state index is -0.509. The van der Waals surface area contributed by atoms with Gasteiger partial charge in [-0.2, -0.15) is 20.1 Å². The Balaban J connectivity index is 1.31. The molecule has 0 saturated carbocycles. The molecule has 13 nitrogen and oxygen atoms in total. The largest absolute Gasteiger partial charge is 0.490 e. The number of aromatic nitrogens is 4. The monoisotopic (exact) mass is 547 g/mol. The summed E-state index contributed by atoms with van der Waals surface area (Å²) < 4.78 is 11.6. The van der Waals surface area contributed by atoms with Gasteiger partial charge >= 0.3 is 0 Å². The van der Waals surface area contributed by atoms with Crippen molar-refractivity contribution in [3.05, 3.63) is 52.2 Å². The zero-order valence-electron chi connectivity index (χ0n) is 22.5. The smallest absolute Gasteiger partial charge is 0.287 e. The highest BCUT2D eigenvalue weighted by Gasteiger charge is 2.20. The molecule has 2 fully saturated rings. The summed E-state index contributed by atoms with van der Waals surface area (Å²) in [6, 6.07) is 8.13. The number of nitrogens with zero attached hydrogens (tertiary/aromatic N) is 8. The van der Waals surface area contributed by atoms with E-state index in [9.17, 15) is 10.1 Å². The van der Waals surface area contributed by atoms with Crippen LogP contribution in [0.1, 0.15) is 51.0 Å². The van der Waals surface area contributed by atoms with Crippen LogP contribution in [0.4, 0.5) is 23.5 Å². The third kappa shape index (κ3) is 6.90. The molecule has 2 aliphatic heterocycles. The van der Waals surface area contributed by atoms with Crippen LogP contribution < -0.4 is 24.7 Å². The maximum absolute atomic E-state index is 10.9. The number of hydrazone groups is 1. The normalized spacial score (nSPS) is 15.7. The van der Waals surface area contributed by atoms with Gasteiger partial charge in [0.2, 0.25) is 23.7 Å². The topological polar surface area (TPSA) is 144 Å². The highest BCUT2D eigenvalue weighted by molar-refractivity contribution is 5.81. The molecule has 0 unspecified atom stereocenters. The molecule has 0 spiro atoms. The fourth-order valence-electron chi connectivity index (χ4n) is 4.65. The molecule has 4 heterocycles. The summed E-state index contributed by atoms with van der Waals surface area (Å²) in [5.74, 6) is 2.93. The van der Waals surface area contributed by atoms with E-state index < -0.39 is 4.92 Å². The van der Waals surface area contributed by atoms with Gasteiger partial charge in [0.15, 0.2) is 11.5 Å². The predicted octanol–water partition coefficient (Wildman–Crippen LogP) is 4.79. The average molecular weight is 548 g/mol. The summed E-state index contributed by atoms with van der Waals surface area (Å²) in [7, 11) is 0. The predicted molar refractivity (Wildman–Crippen MR) is 152 cm³/mol. The fraction of sp³-hybridized carbons (Fsp3) is 0.444. The Morgan fingerprint density at radius 1 is 0.950 bits per heavy atom. The average Bonchev–Trinajstić information content (AvgIpc) is 2.99. The first-order valence-corrected chi connectivity index (χ1v) is 13.7. The van der Waals surface area contributed by atoms with Crippen LogP contribution in [0, 0.1) is 10.1 Å². The molecular formula is C27H33N9O4. The maximum atomic E-state index is 10.9. The first kappa shape index (κ1) is 27.0. The van der Waals surface area contributed by atoms with E-state index in [2.05, 4.69) is 35.3 Å². The van der Waals surface area contributed by atoms with Gasteiger partial charge < -0.3 is 19.3 Å². The first-order chi connectivity index (χ1) is 19.6. The number of anilines is 3. The van der Waals surface area contributed by atoms with Crippen LogP contribution in [-0.2, 0) is 0 Å². The standard InChI is InChI=1S/C27H33N9O4/c1-2-39-23-17-20(9-11-22(23)40-24-12-10-21(19-28-24)36(37)38)18-29-33-25-30-26(34-13-5-3-6-14-34)32-27(31-25)35-15-7-4-8-16-35/h9-12,17-19H,2-8,13-16H2,1H3,(H,30,31,32,33)/b29-18+. The SMILES string of the molecule is CCOc1cc(/C=N/Nc2nc(N3CCCCC3)nc(N3CCCCC3)n2)ccc1Oc1ccc([N+](=O)[O-])cn1. The van der Waals surface area contributed by atoms with Gasteiger partial charge in [-0.25, -0.2) is 10.4 Å². The molecule has 13 heteroatoms. The minimum Gasteiger partial charge on any atom is -0.490 e. The number of pyridine rings is 1. The lowest BCUT2D eigenvalue weighted by molar-refractivity contribution is -0.385. The fourth-order valence-corrected chi connectivity index (χ4v) is 4.65. The molecule has 2 aromatic heterocycles. The van der Waals surface area contributed by atoms with E-state index >= 15 is 0 Å². The van der Waals surface area contributed by atoms with Crippen molar-refractivity contribution in [1.29, 1.82) is 0 Å². The van der Waals surface area contributed by atoms with Crippen LogP contribution in [0.3, 0.4) is 0 Å². The lowest BCUT2D eigenvalue weighted by Gasteiger charge is -2.30. The number of hydrogen-bond donors (Lipinski definition) is 1. The van der Waals surface area contributed by atoms with Gasteiger partial charge in [0.25, 0.3) is 5.69 Å². The lowest BCUT2D eigenvalue weighted by atomic mass is 10.1. The van der Waals surface area contributed by atoms with Gasteiger partial charge in [0.1, 0.15) is 6.20 Å². The van der Waals surface area contributed by atoms with Crippen molar-refractivity contribution in [3.63, 3.8) is 0 Å². The van der Waals surface area contributed by atoms with Gasteiger partial charge in [-0.3, -0.25) is 10.1 Å². The van der Waals surface area contributed by atoms with Crippen LogP contribution in [0.25, 0.3) is 0 Å². The van der Waals surface area contributed by atoms with E-state index in [1.165, 1.54) is 25.0 Å². The van der Waals surface area contributed by atoms with Crippen molar-refractivity contribution in [2.24, 2.45) is 5.10 Å². The summed E-state index contributed by atoms with van der Waals surface area (Å²) in [4.78, 5) is 33.0. The molecule has 0 aliphatic carbocycles. The summed E-state index contributed by atoms with van der Waals surface area (Å²) >= 11 is 0. The second-order valence-corrected chi connectivity index (χ2v) is 9.58. The third-order valence-corrected chi connectivity index (χ3v) is 6.68. The summed E-state index contributed by atoms with van der Waals surface area (Å²) in [6.45, 7) is 6.06. The second-order valence-electron chi connectivity index (χ2n) is 9.58. The maximum Gasteiger partial charge on any atom is 0.287 e. The van der Waals surface area contributed by atoms with Gasteiger partial charge in [0, 0.05) is 38.3 Å². The molecule has 1 N–H and O–H groups in total. The highest BCUT2D eigenvalue weighted by atomic mass is 16.6. The molecular weight excluding hydrogens is 514 g/mol. The summed E-state index contributed by atoms with van der Waals surface area (Å²) in [5.41, 5.74) is 3.64. The number of nitro groups is 1. The lowest BCUT2D eigenvalue weighted by Crippen LogP contribution is -2.34. The summed E-state index contributed by atoms with van der Waals surface area (Å²) in [5, 5.41) is 15.3. The van der Waals surface area contributed by atoms with Crippen molar-refractivity contribution in [2.45, 2.75) is 45.4 Å². The van der Waals surface area contributed by atoms with Gasteiger partial charge in [-0.15, -0.1) is 0 Å². The van der Waals surface area contributed by atoms with Crippen LogP contribution in [0.2, 0.25) is 0 Å². The van der Waals surface area contributed by atoms with Crippen LogP contribution >= 0.6 is 0 Å². The molecule has 2 saturated heterocycles. The quantitative estimate of drug-likeness (QED) is 0.212. The molecule has 0 radical (unpaired) electrons. The molecule has 0 bridgehead atoms. The third-order valence-electron chi connectivity index (χ3n) is 6.68. The Bertz CT molecular complexity index is 1290. The van der Waals surface area contributed by atoms with Crippen LogP contribution in [0.5, 0.6) is 17.4 Å². The second kappa shape index (κ2) is 13.0. The number of hydrogen-bond acceptors (Lipinski definition) is 12. The zero-order valence-corrected chi connectivity index (χ0v) is 22.5. The van der Waals surface area contributed by atoms with Crippen molar-refractivity contribution in [2.75, 3.05) is 48.0 Å². The van der Waals surface area contributed by atoms with Crippen molar-refractivity contribution < 1.29 is 14.4 Å². The Morgan fingerprint density at radius 2 is 1.62 bits per heavy atom. The molecule has 3 aromatic rings. The molecule has 0 atom stereocenters. The Hall–Kier alpha value is -4.55. The Morgan fingerprint density at radius 3 is 2.20 bits per heavy atom. The Labute approximate surface area is 232 Å². The van der Waals surface area contributed by atoms with Crippen molar-refractivity contribution in [3.8, 4) is 17.4 Å². The van der Waals surface area contributed by atoms with E-state index in [0.717, 1.165) is 63.6 Å². The van der Waals surface area contributed by atoms with E-state index in [4.69, 9.17) is 14.5 Å². The molecule has 2 aliphatic rings. The molecule has 1 aromatic carbocycles. The molecule has 40 heavy (non-hydrogen) atoms. The van der Waals surface area contributed by atoms with Crippen LogP contribution in [-0.4, -0.2) is 63.9 Å². The number of ether oxygens (including phenoxy) is 2. The molecule has 5 rings (SSSR count). The van der Waals surface area contributed by atoms with Gasteiger partial charge in [0.05, 0.1) is 17.7 Å². The van der Waals surface area contributed by atoms with E-state index in [1.54, 1.807) is 18.3 Å². The van der Waals surface area contributed by atoms with Gasteiger partial charge in [-0.05, 0) is 69.2 Å². The zero-order chi connectivity index (χ0) is 27.7. The first-order valence-electron chi connectivity index (χ1n) is 13.7. The number of benzene rings is 1. The number of nitrogens with one attached hydrogen (secondary N) is 1. The Kier molecular flexibility index (Phi) is 8.79. The molecule has 0 amide bonds. The van der Waals surface area contributed by atoms with Crippen LogP contribution in [0.15, 0.2) is 41.6 Å². The summed E-state index contributed by atoms with van der Waals surface area (Å²) in [6.07, 6.45) is 9.79. The van der Waals surface area contributed by atoms with Gasteiger partial charge in [-0.1, -0.05) is 0 Å². The number of piperidine rings is 2. The minimum absolute atomic E-state index is 0.110. The van der Waals surface area contributed by atoms with E-state index in [0.29, 0.717) is 36.0 Å². The van der Waals surface area contributed by atoms with Crippen molar-refractivity contribution in [1.82, 2.24) is 19.9 Å². The number of rotatable bonds is 10. The highest BCUT2D eigenvalue weighted by Crippen LogP contribution is 2.32. The van der Waals surface area contributed by atoms with E-state index in [-0.39, 0.29) is 11.6 Å². The molecule has 210 valence electrons.